The van der Waals surface area contributed by atoms with Gasteiger partial charge in [0.1, 0.15) is 5.75 Å². The van der Waals surface area contributed by atoms with Gasteiger partial charge in [0.25, 0.3) is 0 Å². The zero-order valence-corrected chi connectivity index (χ0v) is 11.0. The first kappa shape index (κ1) is 12.1. The lowest BCUT2D eigenvalue weighted by molar-refractivity contribution is 0.350. The van der Waals surface area contributed by atoms with Gasteiger partial charge in [0.2, 0.25) is 0 Å². The molecule has 98 valence electrons. The molecule has 0 bridgehead atoms. The molecule has 2 aromatic rings. The molecule has 0 fully saturated rings. The van der Waals surface area contributed by atoms with Crippen LogP contribution in [0, 0.1) is 0 Å². The van der Waals surface area contributed by atoms with Crippen LogP contribution < -0.4 is 10.1 Å². The smallest absolute Gasteiger partial charge is 0.127 e. The standard InChI is InChI=1S/C15H17N3O/c1-2-17-14(13-10-16-7-8-18-13)12-5-3-4-11-6-9-19-15(11)12/h3-5,7-8,10,14,17H,2,6,9H2,1H3. The van der Waals surface area contributed by atoms with Crippen LogP contribution in [0.1, 0.15) is 29.8 Å². The van der Waals surface area contributed by atoms with E-state index in [9.17, 15) is 0 Å². The number of nitrogens with one attached hydrogen (secondary N) is 1. The minimum Gasteiger partial charge on any atom is -0.493 e. The summed E-state index contributed by atoms with van der Waals surface area (Å²) < 4.78 is 5.79. The largest absolute Gasteiger partial charge is 0.493 e. The summed E-state index contributed by atoms with van der Waals surface area (Å²) in [5, 5.41) is 3.46. The van der Waals surface area contributed by atoms with Crippen molar-refractivity contribution in [1.82, 2.24) is 15.3 Å². The van der Waals surface area contributed by atoms with E-state index >= 15 is 0 Å². The normalized spacial score (nSPS) is 14.8. The number of para-hydroxylation sites is 1. The Morgan fingerprint density at radius 3 is 3.11 bits per heavy atom. The van der Waals surface area contributed by atoms with E-state index in [1.54, 1.807) is 12.4 Å². The van der Waals surface area contributed by atoms with Gasteiger partial charge in [-0.1, -0.05) is 25.1 Å². The summed E-state index contributed by atoms with van der Waals surface area (Å²) in [4.78, 5) is 8.58. The third-order valence-electron chi connectivity index (χ3n) is 3.34. The van der Waals surface area contributed by atoms with Crippen molar-refractivity contribution < 1.29 is 4.74 Å². The Morgan fingerprint density at radius 2 is 2.32 bits per heavy atom. The predicted molar refractivity (Wildman–Crippen MR) is 73.2 cm³/mol. The summed E-state index contributed by atoms with van der Waals surface area (Å²) in [5.74, 6) is 1.01. The van der Waals surface area contributed by atoms with Crippen LogP contribution >= 0.6 is 0 Å². The summed E-state index contributed by atoms with van der Waals surface area (Å²) in [6.07, 6.45) is 6.21. The van der Waals surface area contributed by atoms with Crippen LogP contribution in [0.25, 0.3) is 0 Å². The molecule has 1 aromatic carbocycles. The van der Waals surface area contributed by atoms with Crippen molar-refractivity contribution in [2.24, 2.45) is 0 Å². The average molecular weight is 255 g/mol. The summed E-state index contributed by atoms with van der Waals surface area (Å²) in [6.45, 7) is 3.73. The monoisotopic (exact) mass is 255 g/mol. The Hall–Kier alpha value is -1.94. The fraction of sp³-hybridized carbons (Fsp3) is 0.333. The van der Waals surface area contributed by atoms with Crippen LogP contribution in [0.2, 0.25) is 0 Å². The molecule has 19 heavy (non-hydrogen) atoms. The highest BCUT2D eigenvalue weighted by Gasteiger charge is 2.23. The third kappa shape index (κ3) is 2.31. The lowest BCUT2D eigenvalue weighted by Crippen LogP contribution is -2.23. The van der Waals surface area contributed by atoms with Crippen LogP contribution in [-0.2, 0) is 6.42 Å². The first-order valence-electron chi connectivity index (χ1n) is 6.64. The molecular weight excluding hydrogens is 238 g/mol. The molecule has 0 aliphatic carbocycles. The molecule has 4 heteroatoms. The van der Waals surface area contributed by atoms with Crippen molar-refractivity contribution in [3.05, 3.63) is 53.6 Å². The zero-order chi connectivity index (χ0) is 13.1. The highest BCUT2D eigenvalue weighted by atomic mass is 16.5. The summed E-state index contributed by atoms with van der Waals surface area (Å²) in [7, 11) is 0. The van der Waals surface area contributed by atoms with Gasteiger partial charge in [-0.15, -0.1) is 0 Å². The molecular formula is C15H17N3O. The summed E-state index contributed by atoms with van der Waals surface area (Å²) >= 11 is 0. The Morgan fingerprint density at radius 1 is 1.37 bits per heavy atom. The van der Waals surface area contributed by atoms with E-state index in [-0.39, 0.29) is 6.04 Å². The fourth-order valence-electron chi connectivity index (χ4n) is 2.51. The number of hydrogen-bond donors (Lipinski definition) is 1. The number of benzene rings is 1. The van der Waals surface area contributed by atoms with E-state index in [1.165, 1.54) is 5.56 Å². The number of ether oxygens (including phenoxy) is 1. The first-order valence-corrected chi connectivity index (χ1v) is 6.64. The number of hydrogen-bond acceptors (Lipinski definition) is 4. The Labute approximate surface area is 112 Å². The second kappa shape index (κ2) is 5.36. The van der Waals surface area contributed by atoms with Crippen molar-refractivity contribution >= 4 is 0 Å². The number of nitrogens with zero attached hydrogens (tertiary/aromatic N) is 2. The van der Waals surface area contributed by atoms with E-state index in [0.717, 1.165) is 36.6 Å². The van der Waals surface area contributed by atoms with Gasteiger partial charge < -0.3 is 10.1 Å². The molecule has 1 aliphatic heterocycles. The molecule has 1 N–H and O–H groups in total. The minimum atomic E-state index is 0.0340. The number of fused-ring (bicyclic) bond motifs is 1. The molecule has 4 nitrogen and oxygen atoms in total. The van der Waals surface area contributed by atoms with Gasteiger partial charge >= 0.3 is 0 Å². The molecule has 0 saturated heterocycles. The maximum atomic E-state index is 5.79. The van der Waals surface area contributed by atoms with E-state index in [2.05, 4.69) is 40.4 Å². The molecule has 1 unspecified atom stereocenters. The fourth-order valence-corrected chi connectivity index (χ4v) is 2.51. The molecule has 1 aliphatic rings. The van der Waals surface area contributed by atoms with Gasteiger partial charge in [0.05, 0.1) is 24.5 Å². The van der Waals surface area contributed by atoms with E-state index in [0.29, 0.717) is 0 Å². The van der Waals surface area contributed by atoms with Crippen molar-refractivity contribution in [2.75, 3.05) is 13.2 Å². The van der Waals surface area contributed by atoms with Gasteiger partial charge in [0, 0.05) is 24.4 Å². The Kier molecular flexibility index (Phi) is 3.42. The lowest BCUT2D eigenvalue weighted by Gasteiger charge is -2.19. The minimum absolute atomic E-state index is 0.0340. The second-order valence-corrected chi connectivity index (χ2v) is 4.55. The van der Waals surface area contributed by atoms with Crippen LogP contribution in [0.5, 0.6) is 5.75 Å². The van der Waals surface area contributed by atoms with Crippen molar-refractivity contribution in [3.63, 3.8) is 0 Å². The average Bonchev–Trinajstić information content (AvgIpc) is 2.94. The molecule has 1 aromatic heterocycles. The predicted octanol–water partition coefficient (Wildman–Crippen LogP) is 2.11. The Balaban J connectivity index is 2.04. The first-order chi connectivity index (χ1) is 9.40. The third-order valence-corrected chi connectivity index (χ3v) is 3.34. The SMILES string of the molecule is CCNC(c1cnccn1)c1cccc2c1OCC2. The maximum Gasteiger partial charge on any atom is 0.127 e. The van der Waals surface area contributed by atoms with Crippen LogP contribution in [0.15, 0.2) is 36.8 Å². The molecule has 0 spiro atoms. The van der Waals surface area contributed by atoms with Gasteiger partial charge in [-0.3, -0.25) is 9.97 Å². The number of rotatable bonds is 4. The van der Waals surface area contributed by atoms with E-state index in [1.807, 2.05) is 6.20 Å². The molecule has 3 rings (SSSR count). The number of aromatic nitrogens is 2. The summed E-state index contributed by atoms with van der Waals surface area (Å²) in [5.41, 5.74) is 3.36. The summed E-state index contributed by atoms with van der Waals surface area (Å²) in [6, 6.07) is 6.35. The van der Waals surface area contributed by atoms with Gasteiger partial charge in [-0.25, -0.2) is 0 Å². The molecule has 0 saturated carbocycles. The van der Waals surface area contributed by atoms with Crippen molar-refractivity contribution in [3.8, 4) is 5.75 Å². The van der Waals surface area contributed by atoms with E-state index in [4.69, 9.17) is 4.74 Å². The lowest BCUT2D eigenvalue weighted by atomic mass is 9.99. The van der Waals surface area contributed by atoms with Crippen LogP contribution in [0.4, 0.5) is 0 Å². The second-order valence-electron chi connectivity index (χ2n) is 4.55. The van der Waals surface area contributed by atoms with Crippen LogP contribution in [-0.4, -0.2) is 23.1 Å². The van der Waals surface area contributed by atoms with Gasteiger partial charge in [-0.2, -0.15) is 0 Å². The molecule has 0 radical (unpaired) electrons. The van der Waals surface area contributed by atoms with Crippen molar-refractivity contribution in [2.45, 2.75) is 19.4 Å². The topological polar surface area (TPSA) is 47.0 Å². The molecule has 1 atom stereocenters. The zero-order valence-electron chi connectivity index (χ0n) is 11.0. The maximum absolute atomic E-state index is 5.79. The van der Waals surface area contributed by atoms with Crippen LogP contribution in [0.3, 0.4) is 0 Å². The highest BCUT2D eigenvalue weighted by molar-refractivity contribution is 5.47. The Bertz CT molecular complexity index is 557. The van der Waals surface area contributed by atoms with Crippen molar-refractivity contribution in [1.29, 1.82) is 0 Å². The van der Waals surface area contributed by atoms with Gasteiger partial charge in [-0.05, 0) is 12.1 Å². The highest BCUT2D eigenvalue weighted by Crippen LogP contribution is 2.35. The van der Waals surface area contributed by atoms with E-state index < -0.39 is 0 Å². The molecule has 2 heterocycles. The van der Waals surface area contributed by atoms with Gasteiger partial charge in [0.15, 0.2) is 0 Å². The molecule has 0 amide bonds. The quantitative estimate of drug-likeness (QED) is 0.909.